The van der Waals surface area contributed by atoms with E-state index in [4.69, 9.17) is 0 Å². The molecular weight excluding hydrogens is 240 g/mol. The SMILES string of the molecule is CC1(CNc2nccn(C3CC3)c2=O)CCCNC1. The number of nitrogens with zero attached hydrogens (tertiary/aromatic N) is 2. The predicted molar refractivity (Wildman–Crippen MR) is 75.5 cm³/mol. The second-order valence-electron chi connectivity index (χ2n) is 6.16. The minimum absolute atomic E-state index is 0.0253. The van der Waals surface area contributed by atoms with E-state index in [9.17, 15) is 4.79 Å². The lowest BCUT2D eigenvalue weighted by atomic mass is 9.83. The summed E-state index contributed by atoms with van der Waals surface area (Å²) in [6.07, 6.45) is 8.15. The Labute approximate surface area is 113 Å². The highest BCUT2D eigenvalue weighted by molar-refractivity contribution is 5.31. The molecule has 0 radical (unpaired) electrons. The summed E-state index contributed by atoms with van der Waals surface area (Å²) in [4.78, 5) is 16.4. The van der Waals surface area contributed by atoms with Crippen molar-refractivity contribution in [3.05, 3.63) is 22.7 Å². The van der Waals surface area contributed by atoms with E-state index in [0.717, 1.165) is 32.5 Å². The van der Waals surface area contributed by atoms with Crippen LogP contribution in [-0.4, -0.2) is 29.2 Å². The van der Waals surface area contributed by atoms with Crippen LogP contribution in [0.25, 0.3) is 0 Å². The number of aromatic nitrogens is 2. The first kappa shape index (κ1) is 12.7. The normalized spacial score (nSPS) is 27.2. The Morgan fingerprint density at radius 2 is 2.42 bits per heavy atom. The van der Waals surface area contributed by atoms with E-state index in [2.05, 4.69) is 22.5 Å². The van der Waals surface area contributed by atoms with Gasteiger partial charge in [-0.15, -0.1) is 0 Å². The fourth-order valence-corrected chi connectivity index (χ4v) is 2.75. The third kappa shape index (κ3) is 2.81. The van der Waals surface area contributed by atoms with Crippen molar-refractivity contribution in [1.29, 1.82) is 0 Å². The van der Waals surface area contributed by atoms with Crippen molar-refractivity contribution in [3.63, 3.8) is 0 Å². The standard InChI is InChI=1S/C14H22N4O/c1-14(5-2-6-15-9-14)10-17-12-13(19)18(8-7-16-12)11-3-4-11/h7-8,11,15H,2-6,9-10H2,1H3,(H,16,17). The van der Waals surface area contributed by atoms with Crippen molar-refractivity contribution in [2.75, 3.05) is 25.0 Å². The first-order valence-electron chi connectivity index (χ1n) is 7.20. The highest BCUT2D eigenvalue weighted by Gasteiger charge is 2.28. The summed E-state index contributed by atoms with van der Waals surface area (Å²) in [6, 6.07) is 0.406. The zero-order chi connectivity index (χ0) is 13.3. The summed E-state index contributed by atoms with van der Waals surface area (Å²) in [5.41, 5.74) is 0.240. The fourth-order valence-electron chi connectivity index (χ4n) is 2.75. The molecule has 1 aromatic rings. The van der Waals surface area contributed by atoms with Gasteiger partial charge < -0.3 is 15.2 Å². The van der Waals surface area contributed by atoms with Crippen LogP contribution < -0.4 is 16.2 Å². The number of hydrogen-bond acceptors (Lipinski definition) is 4. The van der Waals surface area contributed by atoms with Gasteiger partial charge in [-0.2, -0.15) is 0 Å². The summed E-state index contributed by atoms with van der Waals surface area (Å²) in [5.74, 6) is 0.501. The maximum absolute atomic E-state index is 12.2. The van der Waals surface area contributed by atoms with Crippen LogP contribution in [0.4, 0.5) is 5.82 Å². The Bertz CT molecular complexity index is 500. The number of hydrogen-bond donors (Lipinski definition) is 2. The Morgan fingerprint density at radius 1 is 1.58 bits per heavy atom. The average Bonchev–Trinajstić information content (AvgIpc) is 3.23. The van der Waals surface area contributed by atoms with Gasteiger partial charge in [0.2, 0.25) is 0 Å². The molecule has 1 aliphatic heterocycles. The average molecular weight is 262 g/mol. The van der Waals surface area contributed by atoms with E-state index >= 15 is 0 Å². The van der Waals surface area contributed by atoms with Crippen LogP contribution >= 0.6 is 0 Å². The van der Waals surface area contributed by atoms with Crippen molar-refractivity contribution in [2.24, 2.45) is 5.41 Å². The second-order valence-corrected chi connectivity index (χ2v) is 6.16. The first-order valence-corrected chi connectivity index (χ1v) is 7.20. The highest BCUT2D eigenvalue weighted by atomic mass is 16.1. The smallest absolute Gasteiger partial charge is 0.293 e. The molecule has 2 fully saturated rings. The molecule has 2 heterocycles. The lowest BCUT2D eigenvalue weighted by Crippen LogP contribution is -2.43. The Balaban J connectivity index is 1.69. The molecular formula is C14H22N4O. The van der Waals surface area contributed by atoms with Gasteiger partial charge in [-0.25, -0.2) is 4.98 Å². The number of anilines is 1. The van der Waals surface area contributed by atoms with Gasteiger partial charge in [0.15, 0.2) is 5.82 Å². The van der Waals surface area contributed by atoms with Crippen molar-refractivity contribution >= 4 is 5.82 Å². The number of nitrogens with one attached hydrogen (secondary N) is 2. The molecule has 1 aliphatic carbocycles. The number of rotatable bonds is 4. The van der Waals surface area contributed by atoms with Crippen LogP contribution in [0.2, 0.25) is 0 Å². The van der Waals surface area contributed by atoms with E-state index in [1.54, 1.807) is 12.4 Å². The monoisotopic (exact) mass is 262 g/mol. The van der Waals surface area contributed by atoms with E-state index in [-0.39, 0.29) is 11.0 Å². The molecule has 5 nitrogen and oxygen atoms in total. The summed E-state index contributed by atoms with van der Waals surface area (Å²) in [7, 11) is 0. The van der Waals surface area contributed by atoms with Gasteiger partial charge in [0.25, 0.3) is 5.56 Å². The molecule has 1 saturated carbocycles. The molecule has 1 aromatic heterocycles. The van der Waals surface area contributed by atoms with Crippen molar-refractivity contribution in [2.45, 2.75) is 38.6 Å². The van der Waals surface area contributed by atoms with E-state index in [1.807, 2.05) is 4.57 Å². The maximum atomic E-state index is 12.2. The molecule has 5 heteroatoms. The predicted octanol–water partition coefficient (Wildman–Crippen LogP) is 1.38. The molecule has 104 valence electrons. The number of piperidine rings is 1. The minimum Gasteiger partial charge on any atom is -0.365 e. The first-order chi connectivity index (χ1) is 9.18. The van der Waals surface area contributed by atoms with Gasteiger partial charge in [-0.1, -0.05) is 6.92 Å². The van der Waals surface area contributed by atoms with E-state index in [0.29, 0.717) is 11.9 Å². The summed E-state index contributed by atoms with van der Waals surface area (Å²) >= 11 is 0. The van der Waals surface area contributed by atoms with Crippen LogP contribution in [-0.2, 0) is 0 Å². The molecule has 0 amide bonds. The van der Waals surface area contributed by atoms with Gasteiger partial charge in [-0.3, -0.25) is 4.79 Å². The summed E-state index contributed by atoms with van der Waals surface area (Å²) in [6.45, 7) is 5.17. The topological polar surface area (TPSA) is 59.0 Å². The highest BCUT2D eigenvalue weighted by Crippen LogP contribution is 2.33. The van der Waals surface area contributed by atoms with E-state index < -0.39 is 0 Å². The molecule has 1 atom stereocenters. The third-order valence-corrected chi connectivity index (χ3v) is 4.18. The maximum Gasteiger partial charge on any atom is 0.293 e. The molecule has 2 N–H and O–H groups in total. The van der Waals surface area contributed by atoms with Crippen LogP contribution in [0, 0.1) is 5.41 Å². The molecule has 0 aromatic carbocycles. The largest absolute Gasteiger partial charge is 0.365 e. The lowest BCUT2D eigenvalue weighted by Gasteiger charge is -2.34. The zero-order valence-corrected chi connectivity index (χ0v) is 11.5. The van der Waals surface area contributed by atoms with Crippen LogP contribution in [0.5, 0.6) is 0 Å². The van der Waals surface area contributed by atoms with Crippen molar-refractivity contribution in [3.8, 4) is 0 Å². The lowest BCUT2D eigenvalue weighted by molar-refractivity contribution is 0.253. The van der Waals surface area contributed by atoms with Crippen molar-refractivity contribution in [1.82, 2.24) is 14.9 Å². The van der Waals surface area contributed by atoms with Gasteiger partial charge in [0.05, 0.1) is 0 Å². The quantitative estimate of drug-likeness (QED) is 0.860. The fraction of sp³-hybridized carbons (Fsp3) is 0.714. The van der Waals surface area contributed by atoms with Gasteiger partial charge in [-0.05, 0) is 37.6 Å². The van der Waals surface area contributed by atoms with Crippen LogP contribution in [0.3, 0.4) is 0 Å². The van der Waals surface area contributed by atoms with Gasteiger partial charge >= 0.3 is 0 Å². The van der Waals surface area contributed by atoms with Crippen LogP contribution in [0.15, 0.2) is 17.2 Å². The summed E-state index contributed by atoms with van der Waals surface area (Å²) < 4.78 is 1.82. The van der Waals surface area contributed by atoms with Gasteiger partial charge in [0.1, 0.15) is 0 Å². The molecule has 2 aliphatic rings. The Kier molecular flexibility index (Phi) is 3.31. The Morgan fingerprint density at radius 3 is 3.11 bits per heavy atom. The summed E-state index contributed by atoms with van der Waals surface area (Å²) in [5, 5.41) is 6.68. The second kappa shape index (κ2) is 4.96. The molecule has 19 heavy (non-hydrogen) atoms. The zero-order valence-electron chi connectivity index (χ0n) is 11.5. The molecule has 0 spiro atoms. The van der Waals surface area contributed by atoms with Crippen molar-refractivity contribution < 1.29 is 0 Å². The molecule has 0 bridgehead atoms. The van der Waals surface area contributed by atoms with Crippen LogP contribution in [0.1, 0.15) is 38.6 Å². The molecule has 1 saturated heterocycles. The third-order valence-electron chi connectivity index (χ3n) is 4.18. The molecule has 3 rings (SSSR count). The molecule has 1 unspecified atom stereocenters. The van der Waals surface area contributed by atoms with Gasteiger partial charge in [0, 0.05) is 31.5 Å². The Hall–Kier alpha value is -1.36. The minimum atomic E-state index is 0.0253. The van der Waals surface area contributed by atoms with E-state index in [1.165, 1.54) is 12.8 Å².